The first-order chi connectivity index (χ1) is 13.5. The first-order valence-electron chi connectivity index (χ1n) is 8.65. The fraction of sp³-hybridized carbons (Fsp3) is 0.250. The molecule has 2 aromatic carbocycles. The van der Waals surface area contributed by atoms with Crippen molar-refractivity contribution in [1.29, 1.82) is 0 Å². The molecule has 0 N–H and O–H groups in total. The average Bonchev–Trinajstić information content (AvgIpc) is 2.92. The Morgan fingerprint density at radius 1 is 0.929 bits per heavy atom. The number of imide groups is 1. The number of alkyl halides is 2. The van der Waals surface area contributed by atoms with Gasteiger partial charge in [-0.2, -0.15) is 8.78 Å². The van der Waals surface area contributed by atoms with Gasteiger partial charge in [-0.05, 0) is 37.1 Å². The van der Waals surface area contributed by atoms with E-state index in [4.69, 9.17) is 4.74 Å². The highest BCUT2D eigenvalue weighted by Crippen LogP contribution is 2.23. The number of hydrogen-bond donors (Lipinski definition) is 0. The molecule has 2 aromatic rings. The molecular weight excluding hydrogens is 372 g/mol. The van der Waals surface area contributed by atoms with E-state index in [0.717, 1.165) is 4.90 Å². The van der Waals surface area contributed by atoms with Gasteiger partial charge in [-0.1, -0.05) is 24.3 Å². The molecule has 1 aliphatic rings. The van der Waals surface area contributed by atoms with Crippen molar-refractivity contribution in [3.8, 4) is 5.75 Å². The number of halogens is 2. The number of hydrogen-bond acceptors (Lipinski definition) is 5. The molecule has 28 heavy (non-hydrogen) atoms. The second-order valence-corrected chi connectivity index (χ2v) is 6.03. The molecule has 0 saturated heterocycles. The summed E-state index contributed by atoms with van der Waals surface area (Å²) in [7, 11) is 0. The van der Waals surface area contributed by atoms with Crippen molar-refractivity contribution in [2.24, 2.45) is 0 Å². The summed E-state index contributed by atoms with van der Waals surface area (Å²) in [4.78, 5) is 37.7. The number of fused-ring (bicyclic) bond motifs is 1. The van der Waals surface area contributed by atoms with Gasteiger partial charge in [-0.15, -0.1) is 0 Å². The smallest absolute Gasteiger partial charge is 0.387 e. The summed E-state index contributed by atoms with van der Waals surface area (Å²) in [6.45, 7) is -2.83. The zero-order valence-electron chi connectivity index (χ0n) is 14.8. The van der Waals surface area contributed by atoms with E-state index < -0.39 is 12.6 Å². The van der Waals surface area contributed by atoms with Crippen LogP contribution in [0.15, 0.2) is 48.5 Å². The van der Waals surface area contributed by atoms with Crippen LogP contribution >= 0.6 is 0 Å². The third-order valence-corrected chi connectivity index (χ3v) is 4.21. The highest BCUT2D eigenvalue weighted by atomic mass is 19.3. The number of amides is 2. The molecule has 8 heteroatoms. The van der Waals surface area contributed by atoms with Crippen LogP contribution in [0, 0.1) is 0 Å². The molecule has 0 spiro atoms. The number of esters is 1. The Bertz CT molecular complexity index is 865. The minimum absolute atomic E-state index is 0.0189. The normalized spacial score (nSPS) is 13.0. The van der Waals surface area contributed by atoms with Gasteiger partial charge in [0.2, 0.25) is 0 Å². The molecule has 0 aromatic heterocycles. The number of para-hydroxylation sites is 1. The molecule has 2 amide bonds. The summed E-state index contributed by atoms with van der Waals surface area (Å²) < 4.78 is 34.2. The highest BCUT2D eigenvalue weighted by Gasteiger charge is 2.34. The van der Waals surface area contributed by atoms with Crippen molar-refractivity contribution in [3.63, 3.8) is 0 Å². The minimum atomic E-state index is -3.05. The maximum Gasteiger partial charge on any atom is 0.387 e. The monoisotopic (exact) mass is 389 g/mol. The SMILES string of the molecule is O=C(OCCCCN1C(=O)c2ccccc2C1=O)c1ccccc1OC(F)F. The quantitative estimate of drug-likeness (QED) is 0.392. The zero-order chi connectivity index (χ0) is 20.1. The van der Waals surface area contributed by atoms with E-state index in [2.05, 4.69) is 4.74 Å². The molecule has 0 unspecified atom stereocenters. The standard InChI is InChI=1S/C20H17F2NO5/c21-20(22)28-16-10-4-3-9-15(16)19(26)27-12-6-5-11-23-17(24)13-7-1-2-8-14(13)18(23)25/h1-4,7-10,20H,5-6,11-12H2. The molecule has 3 rings (SSSR count). The van der Waals surface area contributed by atoms with E-state index in [1.54, 1.807) is 24.3 Å². The van der Waals surface area contributed by atoms with Crippen LogP contribution in [0.25, 0.3) is 0 Å². The van der Waals surface area contributed by atoms with Gasteiger partial charge < -0.3 is 9.47 Å². The number of nitrogens with zero attached hydrogens (tertiary/aromatic N) is 1. The second kappa shape index (κ2) is 8.60. The summed E-state index contributed by atoms with van der Waals surface area (Å²) >= 11 is 0. The Labute approximate surface area is 159 Å². The van der Waals surface area contributed by atoms with Crippen molar-refractivity contribution < 1.29 is 32.6 Å². The van der Waals surface area contributed by atoms with Gasteiger partial charge >= 0.3 is 12.6 Å². The van der Waals surface area contributed by atoms with E-state index >= 15 is 0 Å². The molecule has 146 valence electrons. The Kier molecular flexibility index (Phi) is 5.98. The lowest BCUT2D eigenvalue weighted by molar-refractivity contribution is -0.0504. The van der Waals surface area contributed by atoms with E-state index in [9.17, 15) is 23.2 Å². The number of carbonyl (C=O) groups is 3. The predicted molar refractivity (Wildman–Crippen MR) is 94.4 cm³/mol. The van der Waals surface area contributed by atoms with Crippen LogP contribution in [0.5, 0.6) is 5.75 Å². The molecule has 0 fully saturated rings. The Balaban J connectivity index is 1.47. The number of rotatable bonds is 8. The van der Waals surface area contributed by atoms with Gasteiger partial charge in [0.25, 0.3) is 11.8 Å². The van der Waals surface area contributed by atoms with Crippen LogP contribution in [0.1, 0.15) is 43.9 Å². The van der Waals surface area contributed by atoms with Gasteiger partial charge in [-0.3, -0.25) is 14.5 Å². The fourth-order valence-electron chi connectivity index (χ4n) is 2.89. The maximum atomic E-state index is 12.4. The van der Waals surface area contributed by atoms with Crippen molar-refractivity contribution in [2.75, 3.05) is 13.2 Å². The number of unbranched alkanes of at least 4 members (excludes halogenated alkanes) is 1. The summed E-state index contributed by atoms with van der Waals surface area (Å²) in [6.07, 6.45) is 0.838. The molecule has 0 bridgehead atoms. The minimum Gasteiger partial charge on any atom is -0.462 e. The lowest BCUT2D eigenvalue weighted by atomic mass is 10.1. The zero-order valence-corrected chi connectivity index (χ0v) is 14.8. The van der Waals surface area contributed by atoms with Gasteiger partial charge in [0, 0.05) is 6.54 Å². The Morgan fingerprint density at radius 2 is 1.54 bits per heavy atom. The van der Waals surface area contributed by atoms with Crippen LogP contribution in [0.3, 0.4) is 0 Å². The highest BCUT2D eigenvalue weighted by molar-refractivity contribution is 6.21. The second-order valence-electron chi connectivity index (χ2n) is 6.03. The molecule has 0 aliphatic carbocycles. The van der Waals surface area contributed by atoms with Crippen molar-refractivity contribution in [2.45, 2.75) is 19.5 Å². The Morgan fingerprint density at radius 3 is 2.18 bits per heavy atom. The number of ether oxygens (including phenoxy) is 2. The lowest BCUT2D eigenvalue weighted by Gasteiger charge is -2.14. The topological polar surface area (TPSA) is 72.9 Å². The summed E-state index contributed by atoms with van der Waals surface area (Å²) in [5.41, 5.74) is 0.673. The van der Waals surface area contributed by atoms with Crippen LogP contribution in [0.2, 0.25) is 0 Å². The molecule has 1 heterocycles. The third kappa shape index (κ3) is 4.16. The predicted octanol–water partition coefficient (Wildman–Crippen LogP) is 3.52. The number of benzene rings is 2. The van der Waals surface area contributed by atoms with Crippen LogP contribution in [-0.2, 0) is 4.74 Å². The lowest BCUT2D eigenvalue weighted by Crippen LogP contribution is -2.30. The third-order valence-electron chi connectivity index (χ3n) is 4.21. The molecule has 0 radical (unpaired) electrons. The van der Waals surface area contributed by atoms with Gasteiger partial charge in [-0.25, -0.2) is 4.79 Å². The molecule has 1 aliphatic heterocycles. The Hall–Kier alpha value is -3.29. The van der Waals surface area contributed by atoms with E-state index in [-0.39, 0.29) is 36.3 Å². The average molecular weight is 389 g/mol. The van der Waals surface area contributed by atoms with Crippen LogP contribution in [0.4, 0.5) is 8.78 Å². The molecule has 6 nitrogen and oxygen atoms in total. The van der Waals surface area contributed by atoms with Crippen molar-refractivity contribution in [3.05, 3.63) is 65.2 Å². The first-order valence-corrected chi connectivity index (χ1v) is 8.65. The van der Waals surface area contributed by atoms with Crippen molar-refractivity contribution in [1.82, 2.24) is 4.90 Å². The van der Waals surface area contributed by atoms with Crippen LogP contribution in [-0.4, -0.2) is 42.4 Å². The number of carbonyl (C=O) groups excluding carboxylic acids is 3. The largest absolute Gasteiger partial charge is 0.462 e. The van der Waals surface area contributed by atoms with E-state index in [1.165, 1.54) is 24.3 Å². The fourth-order valence-corrected chi connectivity index (χ4v) is 2.89. The molecule has 0 saturated carbocycles. The van der Waals surface area contributed by atoms with Gasteiger partial charge in [0.15, 0.2) is 0 Å². The summed E-state index contributed by atoms with van der Waals surface area (Å²) in [5.74, 6) is -1.71. The van der Waals surface area contributed by atoms with Gasteiger partial charge in [0.1, 0.15) is 11.3 Å². The van der Waals surface area contributed by atoms with Gasteiger partial charge in [0.05, 0.1) is 17.7 Å². The van der Waals surface area contributed by atoms with Crippen molar-refractivity contribution >= 4 is 17.8 Å². The van der Waals surface area contributed by atoms with E-state index in [0.29, 0.717) is 24.0 Å². The van der Waals surface area contributed by atoms with Crippen LogP contribution < -0.4 is 4.74 Å². The summed E-state index contributed by atoms with van der Waals surface area (Å²) in [5, 5.41) is 0. The maximum absolute atomic E-state index is 12.4. The summed E-state index contributed by atoms with van der Waals surface area (Å²) in [6, 6.07) is 12.2. The first kappa shape index (κ1) is 19.5. The molecule has 0 atom stereocenters. The molecular formula is C20H17F2NO5. The van der Waals surface area contributed by atoms with E-state index in [1.807, 2.05) is 0 Å².